The molecular weight excluding hydrogens is 1690 g/mol. The van der Waals surface area contributed by atoms with E-state index in [0.717, 1.165) is 27.1 Å². The van der Waals surface area contributed by atoms with Crippen LogP contribution in [-0.2, 0) is 122 Å². The Morgan fingerprint density at radius 3 is 1.52 bits per heavy atom. The molecule has 0 bridgehead atoms. The van der Waals surface area contributed by atoms with Gasteiger partial charge < -0.3 is 99.2 Å². The van der Waals surface area contributed by atoms with Crippen LogP contribution in [-0.4, -0.2) is 254 Å². The van der Waals surface area contributed by atoms with E-state index in [1.54, 1.807) is 143 Å². The summed E-state index contributed by atoms with van der Waals surface area (Å²) in [6, 6.07) is 27.2. The molecule has 14 amide bonds. The number of benzene rings is 6. The number of unbranched alkanes of at least 4 members (excludes halogenated alkanes) is 1. The predicted octanol–water partition coefficient (Wildman–Crippen LogP) is 2.53. The van der Waals surface area contributed by atoms with Crippen molar-refractivity contribution in [2.45, 2.75) is 179 Å². The quantitative estimate of drug-likeness (QED) is 0.0413. The fourth-order valence-electron chi connectivity index (χ4n) is 15.2. The van der Waals surface area contributed by atoms with E-state index in [1.807, 2.05) is 6.92 Å². The first-order valence-electron chi connectivity index (χ1n) is 43.2. The van der Waals surface area contributed by atoms with Crippen molar-refractivity contribution in [3.63, 3.8) is 0 Å². The number of carboxylic acids is 1. The van der Waals surface area contributed by atoms with Crippen LogP contribution in [0.1, 0.15) is 112 Å². The molecule has 7 aromatic rings. The van der Waals surface area contributed by atoms with E-state index >= 15 is 33.6 Å². The Kier molecular flexibility index (Phi) is 39.0. The van der Waals surface area contributed by atoms with Gasteiger partial charge in [0.2, 0.25) is 82.7 Å². The van der Waals surface area contributed by atoms with Crippen molar-refractivity contribution in [3.8, 4) is 11.5 Å². The molecule has 6 aromatic carbocycles. The van der Waals surface area contributed by atoms with Crippen LogP contribution < -0.4 is 59.3 Å². The Hall–Kier alpha value is -13.5. The number of thioether (sulfide) groups is 1. The number of hydrogen-bond donors (Lipinski definition) is 15. The molecule has 696 valence electrons. The summed E-state index contributed by atoms with van der Waals surface area (Å²) in [5.41, 5.74) is 15.8. The summed E-state index contributed by atoms with van der Waals surface area (Å²) in [6.45, 7) is 6.36. The van der Waals surface area contributed by atoms with Crippen molar-refractivity contribution in [2.24, 2.45) is 29.2 Å². The summed E-state index contributed by atoms with van der Waals surface area (Å²) in [5.74, 6) is -18.5. The number of phenolic OH excluding ortho intramolecular Hbond substituents is 2. The molecule has 2 heterocycles. The number of H-pyrrole nitrogens is 1. The highest BCUT2D eigenvalue weighted by molar-refractivity contribution is 8.00. The number of amides is 14. The number of primary amides is 1. The topological polar surface area (TPSA) is 523 Å². The number of hydrogen-bond acceptors (Lipinski definition) is 20. The summed E-state index contributed by atoms with van der Waals surface area (Å²) in [6.07, 6.45) is -0.475. The Morgan fingerprint density at radius 1 is 0.492 bits per heavy atom. The van der Waals surface area contributed by atoms with E-state index in [0.29, 0.717) is 57.1 Å². The van der Waals surface area contributed by atoms with Gasteiger partial charge in [-0.2, -0.15) is 0 Å². The highest BCUT2D eigenvalue weighted by atomic mass is 32.2. The number of ketones is 1. The van der Waals surface area contributed by atoms with E-state index in [9.17, 15) is 58.5 Å². The van der Waals surface area contributed by atoms with Gasteiger partial charge in [0.1, 0.15) is 65.9 Å². The van der Waals surface area contributed by atoms with Gasteiger partial charge in [-0.25, -0.2) is 0 Å². The molecule has 8 rings (SSSR count). The number of carbonyl (C=O) groups excluding carboxylic acids is 15. The third-order valence-corrected chi connectivity index (χ3v) is 23.3. The number of nitrogens with zero attached hydrogens (tertiary/aromatic N) is 4. The number of phenols is 2. The highest BCUT2D eigenvalue weighted by Crippen LogP contribution is 2.25. The molecule has 1 fully saturated rings. The lowest BCUT2D eigenvalue weighted by Crippen LogP contribution is -2.60. The van der Waals surface area contributed by atoms with E-state index < -0.39 is 205 Å². The van der Waals surface area contributed by atoms with Crippen LogP contribution in [0.25, 0.3) is 10.9 Å². The maximum absolute atomic E-state index is 15.5. The minimum Gasteiger partial charge on any atom is -0.508 e. The number of likely N-dealkylation sites (N-methyl/N-ethyl adjacent to an activating group) is 4. The first kappa shape index (κ1) is 102. The first-order chi connectivity index (χ1) is 61.9. The van der Waals surface area contributed by atoms with Gasteiger partial charge in [0.15, 0.2) is 5.78 Å². The van der Waals surface area contributed by atoms with Gasteiger partial charge in [0, 0.05) is 102 Å². The fraction of sp³-hybridized carbons (Fsp3) is 0.426. The van der Waals surface area contributed by atoms with E-state index in [2.05, 4.69) is 52.8 Å². The zero-order valence-corrected chi connectivity index (χ0v) is 75.4. The molecule has 1 aliphatic heterocycles. The van der Waals surface area contributed by atoms with Crippen LogP contribution in [0.4, 0.5) is 0 Å². The van der Waals surface area contributed by atoms with E-state index in [4.69, 9.17) is 11.5 Å². The van der Waals surface area contributed by atoms with Gasteiger partial charge in [-0.15, -0.1) is 11.8 Å². The molecule has 0 unspecified atom stereocenters. The van der Waals surface area contributed by atoms with Gasteiger partial charge in [-0.3, -0.25) is 76.7 Å². The second-order valence-electron chi connectivity index (χ2n) is 33.5. The number of nitrogens with two attached hydrogens (primary N) is 2. The number of Topliss-reactive ketones (excluding diaryl/α,β-unsaturated/α-hetero) is 1. The molecule has 17 N–H and O–H groups in total. The van der Waals surface area contributed by atoms with Gasteiger partial charge in [0.25, 0.3) is 0 Å². The third kappa shape index (κ3) is 31.2. The second-order valence-corrected chi connectivity index (χ2v) is 34.5. The predicted molar refractivity (Wildman–Crippen MR) is 487 cm³/mol. The first-order valence-corrected chi connectivity index (χ1v) is 44.3. The summed E-state index contributed by atoms with van der Waals surface area (Å²) >= 11 is 0.829. The maximum Gasteiger partial charge on any atom is 0.305 e. The number of carbonyl (C=O) groups is 16. The molecule has 36 heteroatoms. The number of aromatic amines is 1. The molecule has 11 atom stereocenters. The molecule has 0 radical (unpaired) electrons. The molecule has 35 nitrogen and oxygen atoms in total. The van der Waals surface area contributed by atoms with Crippen molar-refractivity contribution in [1.82, 2.24) is 72.4 Å². The summed E-state index contributed by atoms with van der Waals surface area (Å²) in [5, 5.41) is 55.6. The second kappa shape index (κ2) is 49.7. The van der Waals surface area contributed by atoms with E-state index in [1.165, 1.54) is 86.5 Å². The maximum atomic E-state index is 15.5. The molecule has 0 aliphatic carbocycles. The van der Waals surface area contributed by atoms with Crippen LogP contribution in [0.2, 0.25) is 0 Å². The van der Waals surface area contributed by atoms with Crippen LogP contribution in [0.3, 0.4) is 0 Å². The zero-order chi connectivity index (χ0) is 95.0. The SMILES string of the molecule is CCCC[C@H]1C(=O)N(C)CC(=O)N[C@@H](CC(=O)O)C(=O)N[C@@H](C(C)C)C(=O)C[C@@H](Cc2ccc(CN)cc2)C(=O)N[C@@H](Cc2ccc(O)cc2)C(=O)N(C)CC(=O)N[C@@H](Cc2c[nH]c3ccccc23)C(=O)N[C@@H](Cc2ccc(O)cc2)C(=O)N[C@@H](CC(C)C)C(=O)N[C@H](C(=O)NCC(N)=O)CSCC(=O)N[C@@H](Cc2ccccc2)C(=O)N(C)[C@@H](Cc2ccccc2)C(=O)N1C. The number of aromatic nitrogens is 1. The fourth-order valence-corrected chi connectivity index (χ4v) is 16.0. The van der Waals surface area contributed by atoms with Gasteiger partial charge in [-0.05, 0) is 100 Å². The number of rotatable bonds is 24. The Labute approximate surface area is 759 Å². The average Bonchev–Trinajstić information content (AvgIpc) is 1.31. The third-order valence-electron chi connectivity index (χ3n) is 22.3. The number of aliphatic carboxylic acids is 1. The minimum atomic E-state index is -1.89. The molecule has 1 aromatic heterocycles. The standard InChI is InChI=1S/C94H120N16O19S/c1-10-11-26-76-93(128)108(7)52-81(116)100-72(47-83(118)119)90(125)106-84(56(4)5)78(113)46-63(40-59-27-29-62(48-95)30-28-59)85(120)104-73(43-61-33-37-66(112)38-34-61)91(126)107(6)51-80(115)99-71(45-64-49-97-68-25-19-18-24-67(64)68)89(124)103-70(41-60-31-35-65(111)36-32-60)88(123)102-69(39-55(2)3)87(122)105-75(86(121)98-50-79(96)114)53-130-54-82(117)101-74(42-57-20-14-12-15-21-57)92(127)110(9)77(94(129)109(76)8)44-58-22-16-13-17-23-58/h12-25,27-38,49,55-56,63,69-77,84,97,111-112H,10-11,26,39-48,50-54,95H2,1-9H3,(H2,96,114)(H,98,121)(H,99,115)(H,100,116)(H,101,117)(H,102,123)(H,103,124)(H,104,120)(H,105,122)(H,106,125)(H,118,119)/t63-,69+,70+,71+,72+,73+,74+,75+,76+,77+,84+/m1/s1. The van der Waals surface area contributed by atoms with Crippen molar-refractivity contribution >= 4 is 117 Å². The lowest BCUT2D eigenvalue weighted by Gasteiger charge is -2.37. The minimum absolute atomic E-state index is 0.0307. The summed E-state index contributed by atoms with van der Waals surface area (Å²) < 4.78 is 0. The van der Waals surface area contributed by atoms with Crippen molar-refractivity contribution in [3.05, 3.63) is 203 Å². The van der Waals surface area contributed by atoms with Gasteiger partial charge in [-0.1, -0.05) is 175 Å². The molecule has 130 heavy (non-hydrogen) atoms. The molecule has 1 saturated heterocycles. The largest absolute Gasteiger partial charge is 0.508 e. The number of para-hydroxylation sites is 1. The Balaban J connectivity index is 1.21. The van der Waals surface area contributed by atoms with Crippen LogP contribution in [0.15, 0.2) is 164 Å². The lowest BCUT2D eigenvalue weighted by molar-refractivity contribution is -0.151. The number of aromatic hydroxyl groups is 2. The monoisotopic (exact) mass is 1810 g/mol. The zero-order valence-electron chi connectivity index (χ0n) is 74.5. The van der Waals surface area contributed by atoms with Crippen molar-refractivity contribution < 1.29 is 92.0 Å². The van der Waals surface area contributed by atoms with E-state index in [-0.39, 0.29) is 81.1 Å². The molecular formula is C94H120N16O19S. The van der Waals surface area contributed by atoms with Gasteiger partial charge in [0.05, 0.1) is 37.8 Å². The lowest BCUT2D eigenvalue weighted by atomic mass is 9.87. The van der Waals surface area contributed by atoms with Crippen molar-refractivity contribution in [1.29, 1.82) is 0 Å². The van der Waals surface area contributed by atoms with Crippen LogP contribution in [0, 0.1) is 17.8 Å². The Bertz CT molecular complexity index is 5100. The smallest absolute Gasteiger partial charge is 0.305 e. The number of nitrogens with one attached hydrogen (secondary N) is 10. The number of carboxylic acid groups (broad SMARTS) is 1. The highest BCUT2D eigenvalue weighted by Gasteiger charge is 2.42. The van der Waals surface area contributed by atoms with Gasteiger partial charge >= 0.3 is 5.97 Å². The molecule has 1 aliphatic rings. The van der Waals surface area contributed by atoms with Crippen LogP contribution in [0.5, 0.6) is 11.5 Å². The summed E-state index contributed by atoms with van der Waals surface area (Å²) in [4.78, 5) is 242. The molecule has 0 spiro atoms. The summed E-state index contributed by atoms with van der Waals surface area (Å²) in [7, 11) is 5.26. The van der Waals surface area contributed by atoms with Crippen molar-refractivity contribution in [2.75, 3.05) is 59.3 Å². The van der Waals surface area contributed by atoms with Crippen LogP contribution >= 0.6 is 11.8 Å². The normalized spacial score (nSPS) is 21.8. The average molecular weight is 1810 g/mol. The Morgan fingerprint density at radius 2 is 0.962 bits per heavy atom. The molecule has 0 saturated carbocycles. The number of fused-ring (bicyclic) bond motifs is 1.